The van der Waals surface area contributed by atoms with Crippen LogP contribution < -0.4 is 15.2 Å². The van der Waals surface area contributed by atoms with Gasteiger partial charge in [0.25, 0.3) is 0 Å². The molecule has 0 aliphatic rings. The maximum Gasteiger partial charge on any atom is 0.163 e. The summed E-state index contributed by atoms with van der Waals surface area (Å²) in [4.78, 5) is 0. The van der Waals surface area contributed by atoms with Gasteiger partial charge in [-0.05, 0) is 43.4 Å². The van der Waals surface area contributed by atoms with E-state index in [4.69, 9.17) is 15.2 Å². The van der Waals surface area contributed by atoms with Gasteiger partial charge in [0.05, 0.1) is 14.2 Å². The Morgan fingerprint density at radius 3 is 2.32 bits per heavy atom. The Labute approximate surface area is 114 Å². The van der Waals surface area contributed by atoms with Gasteiger partial charge in [-0.25, -0.2) is 4.39 Å². The van der Waals surface area contributed by atoms with Gasteiger partial charge in [-0.15, -0.1) is 0 Å². The van der Waals surface area contributed by atoms with Crippen molar-refractivity contribution in [3.05, 3.63) is 23.5 Å². The van der Waals surface area contributed by atoms with Gasteiger partial charge in [0.15, 0.2) is 11.5 Å². The van der Waals surface area contributed by atoms with Gasteiger partial charge < -0.3 is 15.2 Å². The molecule has 19 heavy (non-hydrogen) atoms. The van der Waals surface area contributed by atoms with E-state index in [1.54, 1.807) is 13.2 Å². The molecule has 0 saturated heterocycles. The molecule has 4 heteroatoms. The summed E-state index contributed by atoms with van der Waals surface area (Å²) in [7, 11) is 3.07. The summed E-state index contributed by atoms with van der Waals surface area (Å²) >= 11 is 0. The normalized spacial score (nSPS) is 12.3. The SMILES string of the molecule is CCCC(CCCN)c1cc(OC)c(OC)cc1F. The summed E-state index contributed by atoms with van der Waals surface area (Å²) in [6.07, 6.45) is 3.77. The van der Waals surface area contributed by atoms with E-state index in [0.29, 0.717) is 23.6 Å². The van der Waals surface area contributed by atoms with Crippen molar-refractivity contribution in [3.8, 4) is 11.5 Å². The zero-order valence-corrected chi connectivity index (χ0v) is 12.0. The van der Waals surface area contributed by atoms with E-state index in [1.165, 1.54) is 13.2 Å². The Balaban J connectivity index is 3.07. The van der Waals surface area contributed by atoms with Crippen LogP contribution in [0.1, 0.15) is 44.1 Å². The van der Waals surface area contributed by atoms with E-state index in [9.17, 15) is 4.39 Å². The molecule has 2 N–H and O–H groups in total. The van der Waals surface area contributed by atoms with Gasteiger partial charge in [0.1, 0.15) is 5.82 Å². The van der Waals surface area contributed by atoms with Gasteiger partial charge in [-0.1, -0.05) is 13.3 Å². The summed E-state index contributed by atoms with van der Waals surface area (Å²) in [5, 5.41) is 0. The zero-order valence-electron chi connectivity index (χ0n) is 12.0. The number of hydrogen-bond acceptors (Lipinski definition) is 3. The van der Waals surface area contributed by atoms with Crippen molar-refractivity contribution in [2.24, 2.45) is 5.73 Å². The van der Waals surface area contributed by atoms with E-state index in [0.717, 1.165) is 25.7 Å². The minimum absolute atomic E-state index is 0.188. The van der Waals surface area contributed by atoms with Gasteiger partial charge in [-0.2, -0.15) is 0 Å². The van der Waals surface area contributed by atoms with Crippen LogP contribution in [0.15, 0.2) is 12.1 Å². The Morgan fingerprint density at radius 1 is 1.16 bits per heavy atom. The van der Waals surface area contributed by atoms with Crippen LogP contribution in [0.5, 0.6) is 11.5 Å². The summed E-state index contributed by atoms with van der Waals surface area (Å²) < 4.78 is 24.5. The highest BCUT2D eigenvalue weighted by Gasteiger charge is 2.18. The molecule has 0 aliphatic heterocycles. The summed E-state index contributed by atoms with van der Waals surface area (Å²) in [5.41, 5.74) is 6.25. The lowest BCUT2D eigenvalue weighted by atomic mass is 9.89. The maximum absolute atomic E-state index is 14.2. The molecule has 0 aromatic heterocycles. The largest absolute Gasteiger partial charge is 0.493 e. The monoisotopic (exact) mass is 269 g/mol. The molecule has 3 nitrogen and oxygen atoms in total. The molecule has 0 aliphatic carbocycles. The van der Waals surface area contributed by atoms with Crippen LogP contribution in [0.2, 0.25) is 0 Å². The molecule has 1 aromatic carbocycles. The molecule has 0 fully saturated rings. The lowest BCUT2D eigenvalue weighted by molar-refractivity contribution is 0.350. The average molecular weight is 269 g/mol. The second kappa shape index (κ2) is 8.00. The third-order valence-electron chi connectivity index (χ3n) is 3.34. The molecule has 0 spiro atoms. The number of benzene rings is 1. The molecule has 0 amide bonds. The topological polar surface area (TPSA) is 44.5 Å². The Morgan fingerprint density at radius 2 is 1.79 bits per heavy atom. The molecule has 1 unspecified atom stereocenters. The summed E-state index contributed by atoms with van der Waals surface area (Å²) in [5.74, 6) is 0.965. The highest BCUT2D eigenvalue weighted by Crippen LogP contribution is 2.36. The quantitative estimate of drug-likeness (QED) is 0.786. The van der Waals surface area contributed by atoms with Crippen molar-refractivity contribution >= 4 is 0 Å². The number of ether oxygens (including phenoxy) is 2. The number of hydrogen-bond donors (Lipinski definition) is 1. The highest BCUT2D eigenvalue weighted by molar-refractivity contribution is 5.44. The smallest absolute Gasteiger partial charge is 0.163 e. The first-order valence-corrected chi connectivity index (χ1v) is 6.79. The molecule has 0 heterocycles. The van der Waals surface area contributed by atoms with E-state index < -0.39 is 0 Å². The third-order valence-corrected chi connectivity index (χ3v) is 3.34. The van der Waals surface area contributed by atoms with E-state index in [2.05, 4.69) is 6.92 Å². The fourth-order valence-corrected chi connectivity index (χ4v) is 2.35. The van der Waals surface area contributed by atoms with E-state index in [-0.39, 0.29) is 11.7 Å². The van der Waals surface area contributed by atoms with Gasteiger partial charge in [0, 0.05) is 6.07 Å². The molecule has 0 saturated carbocycles. The number of halogens is 1. The molecule has 1 aromatic rings. The molecule has 0 bridgehead atoms. The fourth-order valence-electron chi connectivity index (χ4n) is 2.35. The second-order valence-corrected chi connectivity index (χ2v) is 4.65. The Hall–Kier alpha value is -1.29. The van der Waals surface area contributed by atoms with Gasteiger partial charge in [0.2, 0.25) is 0 Å². The lowest BCUT2D eigenvalue weighted by Crippen LogP contribution is -2.07. The van der Waals surface area contributed by atoms with Crippen molar-refractivity contribution in [3.63, 3.8) is 0 Å². The first-order valence-electron chi connectivity index (χ1n) is 6.79. The lowest BCUT2D eigenvalue weighted by Gasteiger charge is -2.19. The van der Waals surface area contributed by atoms with Crippen LogP contribution in [-0.4, -0.2) is 20.8 Å². The van der Waals surface area contributed by atoms with Crippen LogP contribution in [0.4, 0.5) is 4.39 Å². The fraction of sp³-hybridized carbons (Fsp3) is 0.600. The Bertz CT molecular complexity index is 396. The molecule has 1 atom stereocenters. The number of rotatable bonds is 8. The van der Waals surface area contributed by atoms with Crippen molar-refractivity contribution in [1.29, 1.82) is 0 Å². The summed E-state index contributed by atoms with van der Waals surface area (Å²) in [6, 6.07) is 3.16. The van der Waals surface area contributed by atoms with Gasteiger partial charge in [-0.3, -0.25) is 0 Å². The van der Waals surface area contributed by atoms with Crippen molar-refractivity contribution < 1.29 is 13.9 Å². The number of methoxy groups -OCH3 is 2. The van der Waals surface area contributed by atoms with E-state index >= 15 is 0 Å². The Kier molecular flexibility index (Phi) is 6.64. The van der Waals surface area contributed by atoms with Crippen molar-refractivity contribution in [2.45, 2.75) is 38.5 Å². The minimum Gasteiger partial charge on any atom is -0.493 e. The van der Waals surface area contributed by atoms with E-state index in [1.807, 2.05) is 0 Å². The third kappa shape index (κ3) is 4.10. The maximum atomic E-state index is 14.2. The standard InChI is InChI=1S/C15H24FNO2/c1-4-6-11(7-5-8-17)12-9-14(18-2)15(19-3)10-13(12)16/h9-11H,4-8,17H2,1-3H3. The molecular formula is C15H24FNO2. The second-order valence-electron chi connectivity index (χ2n) is 4.65. The molecule has 1 rings (SSSR count). The predicted octanol–water partition coefficient (Wildman–Crippen LogP) is 3.47. The first-order chi connectivity index (χ1) is 9.17. The molecule has 0 radical (unpaired) electrons. The highest BCUT2D eigenvalue weighted by atomic mass is 19.1. The van der Waals surface area contributed by atoms with Crippen LogP contribution in [-0.2, 0) is 0 Å². The van der Waals surface area contributed by atoms with Crippen LogP contribution in [0, 0.1) is 5.82 Å². The minimum atomic E-state index is -0.229. The molecular weight excluding hydrogens is 245 g/mol. The van der Waals surface area contributed by atoms with Crippen LogP contribution in [0.3, 0.4) is 0 Å². The van der Waals surface area contributed by atoms with Crippen molar-refractivity contribution in [1.82, 2.24) is 0 Å². The number of nitrogens with two attached hydrogens (primary N) is 1. The predicted molar refractivity (Wildman–Crippen MR) is 75.4 cm³/mol. The van der Waals surface area contributed by atoms with Crippen LogP contribution >= 0.6 is 0 Å². The van der Waals surface area contributed by atoms with Crippen LogP contribution in [0.25, 0.3) is 0 Å². The molecule has 108 valence electrons. The first kappa shape index (κ1) is 15.8. The van der Waals surface area contributed by atoms with Gasteiger partial charge >= 0.3 is 0 Å². The van der Waals surface area contributed by atoms with Crippen molar-refractivity contribution in [2.75, 3.05) is 20.8 Å². The summed E-state index contributed by atoms with van der Waals surface area (Å²) in [6.45, 7) is 2.74. The zero-order chi connectivity index (χ0) is 14.3. The average Bonchev–Trinajstić information content (AvgIpc) is 2.43.